The third-order valence-corrected chi connectivity index (χ3v) is 6.10. The van der Waals surface area contributed by atoms with Crippen LogP contribution in [0.1, 0.15) is 63.0 Å². The first-order chi connectivity index (χ1) is 14.7. The molecule has 0 aromatic heterocycles. The van der Waals surface area contributed by atoms with Crippen LogP contribution in [-0.2, 0) is 16.1 Å². The molecular weight excluding hydrogens is 376 g/mol. The van der Waals surface area contributed by atoms with E-state index in [9.17, 15) is 0 Å². The van der Waals surface area contributed by atoms with Crippen LogP contribution in [0.2, 0.25) is 0 Å². The first kappa shape index (κ1) is 22.6. The minimum Gasteiger partial charge on any atom is -0.493 e. The maximum Gasteiger partial charge on any atom is 0.189 e. The molecule has 0 radical (unpaired) electrons. The predicted octanol–water partition coefficient (Wildman–Crippen LogP) is 6.34. The van der Waals surface area contributed by atoms with Crippen molar-refractivity contribution in [3.8, 4) is 11.5 Å². The minimum absolute atomic E-state index is 0.286. The quantitative estimate of drug-likeness (QED) is 0.404. The van der Waals surface area contributed by atoms with Crippen LogP contribution in [0, 0.1) is 5.92 Å². The van der Waals surface area contributed by atoms with Crippen LogP contribution in [0.5, 0.6) is 11.5 Å². The summed E-state index contributed by atoms with van der Waals surface area (Å²) in [6.07, 6.45) is 5.84. The molecule has 3 rings (SSSR count). The SMILES string of the molecule is CCC(C)c1ccc(OCOC2CCC(COc3ccc(COC)cc3)CC2)cc1. The zero-order chi connectivity index (χ0) is 21.2. The third kappa shape index (κ3) is 7.03. The van der Waals surface area contributed by atoms with Gasteiger partial charge >= 0.3 is 0 Å². The van der Waals surface area contributed by atoms with Crippen molar-refractivity contribution in [2.24, 2.45) is 5.92 Å². The summed E-state index contributed by atoms with van der Waals surface area (Å²) in [6.45, 7) is 6.19. The number of hydrogen-bond acceptors (Lipinski definition) is 4. The summed E-state index contributed by atoms with van der Waals surface area (Å²) < 4.78 is 22.9. The van der Waals surface area contributed by atoms with Crippen molar-refractivity contribution >= 4 is 0 Å². The second-order valence-electron chi connectivity index (χ2n) is 8.34. The highest BCUT2D eigenvalue weighted by Crippen LogP contribution is 2.27. The Bertz CT molecular complexity index is 718. The summed E-state index contributed by atoms with van der Waals surface area (Å²) in [5.74, 6) is 2.99. The van der Waals surface area contributed by atoms with E-state index in [0.29, 0.717) is 25.2 Å². The van der Waals surface area contributed by atoms with Crippen molar-refractivity contribution in [2.75, 3.05) is 20.5 Å². The van der Waals surface area contributed by atoms with Gasteiger partial charge in [0.2, 0.25) is 0 Å². The van der Waals surface area contributed by atoms with Gasteiger partial charge in [-0.15, -0.1) is 0 Å². The molecule has 164 valence electrons. The lowest BCUT2D eigenvalue weighted by atomic mass is 9.88. The van der Waals surface area contributed by atoms with Gasteiger partial charge in [-0.05, 0) is 79.3 Å². The number of benzene rings is 2. The van der Waals surface area contributed by atoms with Crippen molar-refractivity contribution in [1.82, 2.24) is 0 Å². The summed E-state index contributed by atoms with van der Waals surface area (Å²) >= 11 is 0. The standard InChI is InChI=1S/C26H36O4/c1-4-20(2)23-9-15-26(16-10-23)30-19-29-25-13-7-22(8-14-25)18-28-24-11-5-21(6-12-24)17-27-3/h5-6,9-12,15-16,20,22,25H,4,7-8,13-14,17-19H2,1-3H3. The van der Waals surface area contributed by atoms with Crippen LogP contribution in [-0.4, -0.2) is 26.6 Å². The molecule has 1 saturated carbocycles. The lowest BCUT2D eigenvalue weighted by Gasteiger charge is -2.28. The fraction of sp³-hybridized carbons (Fsp3) is 0.538. The van der Waals surface area contributed by atoms with E-state index in [-0.39, 0.29) is 6.10 Å². The van der Waals surface area contributed by atoms with E-state index in [1.807, 2.05) is 24.3 Å². The van der Waals surface area contributed by atoms with Crippen molar-refractivity contribution < 1.29 is 18.9 Å². The third-order valence-electron chi connectivity index (χ3n) is 6.10. The second-order valence-corrected chi connectivity index (χ2v) is 8.34. The second kappa shape index (κ2) is 12.0. The monoisotopic (exact) mass is 412 g/mol. The van der Waals surface area contributed by atoms with Gasteiger partial charge in [-0.3, -0.25) is 0 Å². The van der Waals surface area contributed by atoms with Gasteiger partial charge in [0, 0.05) is 7.11 Å². The fourth-order valence-electron chi connectivity index (χ4n) is 3.85. The Labute approximate surface area is 181 Å². The van der Waals surface area contributed by atoms with Crippen LogP contribution in [0.4, 0.5) is 0 Å². The highest BCUT2D eigenvalue weighted by atomic mass is 16.7. The summed E-state index contributed by atoms with van der Waals surface area (Å²) in [4.78, 5) is 0. The number of rotatable bonds is 11. The maximum absolute atomic E-state index is 5.98. The Kier molecular flexibility index (Phi) is 9.03. The Balaban J connectivity index is 1.31. The molecule has 1 aliphatic rings. The van der Waals surface area contributed by atoms with Crippen LogP contribution in [0.3, 0.4) is 0 Å². The van der Waals surface area contributed by atoms with Crippen LogP contribution >= 0.6 is 0 Å². The number of methoxy groups -OCH3 is 1. The Hall–Kier alpha value is -2.04. The molecule has 2 aromatic carbocycles. The first-order valence-corrected chi connectivity index (χ1v) is 11.2. The van der Waals surface area contributed by atoms with Crippen molar-refractivity contribution in [3.63, 3.8) is 0 Å². The average molecular weight is 413 g/mol. The Morgan fingerprint density at radius 3 is 2.13 bits per heavy atom. The molecule has 1 unspecified atom stereocenters. The topological polar surface area (TPSA) is 36.9 Å². The van der Waals surface area contributed by atoms with Crippen LogP contribution in [0.25, 0.3) is 0 Å². The van der Waals surface area contributed by atoms with E-state index in [2.05, 4.69) is 38.1 Å². The molecule has 0 amide bonds. The minimum atomic E-state index is 0.286. The van der Waals surface area contributed by atoms with Gasteiger partial charge in [-0.1, -0.05) is 38.1 Å². The molecule has 0 spiro atoms. The van der Waals surface area contributed by atoms with Crippen LogP contribution < -0.4 is 9.47 Å². The van der Waals surface area contributed by atoms with E-state index in [1.165, 1.54) is 5.56 Å². The van der Waals surface area contributed by atoms with E-state index in [0.717, 1.165) is 55.8 Å². The van der Waals surface area contributed by atoms with E-state index >= 15 is 0 Å². The molecule has 30 heavy (non-hydrogen) atoms. The normalized spacial score (nSPS) is 20.0. The van der Waals surface area contributed by atoms with E-state index < -0.39 is 0 Å². The average Bonchev–Trinajstić information content (AvgIpc) is 2.79. The number of hydrogen-bond donors (Lipinski definition) is 0. The van der Waals surface area contributed by atoms with Gasteiger partial charge in [-0.25, -0.2) is 0 Å². The zero-order valence-electron chi connectivity index (χ0n) is 18.6. The highest BCUT2D eigenvalue weighted by Gasteiger charge is 2.22. The van der Waals surface area contributed by atoms with Gasteiger partial charge < -0.3 is 18.9 Å². The summed E-state index contributed by atoms with van der Waals surface area (Å²) in [7, 11) is 1.71. The first-order valence-electron chi connectivity index (χ1n) is 11.2. The smallest absolute Gasteiger partial charge is 0.189 e. The van der Waals surface area contributed by atoms with Crippen LogP contribution in [0.15, 0.2) is 48.5 Å². The Morgan fingerprint density at radius 1 is 0.867 bits per heavy atom. The van der Waals surface area contributed by atoms with Crippen molar-refractivity contribution in [2.45, 2.75) is 64.6 Å². The summed E-state index contributed by atoms with van der Waals surface area (Å²) in [6, 6.07) is 16.6. The lowest BCUT2D eigenvalue weighted by Crippen LogP contribution is -2.26. The molecule has 0 saturated heterocycles. The van der Waals surface area contributed by atoms with Gasteiger partial charge in [0.25, 0.3) is 0 Å². The molecule has 1 aliphatic carbocycles. The Morgan fingerprint density at radius 2 is 1.50 bits per heavy atom. The van der Waals surface area contributed by atoms with Gasteiger partial charge in [0.05, 0.1) is 19.3 Å². The van der Waals surface area contributed by atoms with E-state index in [1.54, 1.807) is 7.11 Å². The summed E-state index contributed by atoms with van der Waals surface area (Å²) in [5, 5.41) is 0. The fourth-order valence-corrected chi connectivity index (χ4v) is 3.85. The van der Waals surface area contributed by atoms with Gasteiger partial charge in [0.15, 0.2) is 6.79 Å². The largest absolute Gasteiger partial charge is 0.493 e. The molecule has 1 fully saturated rings. The number of ether oxygens (including phenoxy) is 4. The predicted molar refractivity (Wildman–Crippen MR) is 120 cm³/mol. The lowest BCUT2D eigenvalue weighted by molar-refractivity contribution is -0.0568. The van der Waals surface area contributed by atoms with Gasteiger partial charge in [0.1, 0.15) is 11.5 Å². The van der Waals surface area contributed by atoms with Crippen molar-refractivity contribution in [1.29, 1.82) is 0 Å². The molecule has 4 heteroatoms. The molecule has 0 aliphatic heterocycles. The molecule has 0 bridgehead atoms. The highest BCUT2D eigenvalue weighted by molar-refractivity contribution is 5.29. The molecule has 0 N–H and O–H groups in total. The molecular formula is C26H36O4. The molecule has 1 atom stereocenters. The van der Waals surface area contributed by atoms with E-state index in [4.69, 9.17) is 18.9 Å². The maximum atomic E-state index is 5.98. The summed E-state index contributed by atoms with van der Waals surface area (Å²) in [5.41, 5.74) is 2.52. The molecule has 2 aromatic rings. The van der Waals surface area contributed by atoms with Crippen molar-refractivity contribution in [3.05, 3.63) is 59.7 Å². The molecule has 0 heterocycles. The van der Waals surface area contributed by atoms with Gasteiger partial charge in [-0.2, -0.15) is 0 Å². The molecule has 4 nitrogen and oxygen atoms in total. The zero-order valence-corrected chi connectivity index (χ0v) is 18.6.